The largest absolute Gasteiger partial charge is 0.371 e. The highest BCUT2D eigenvalue weighted by molar-refractivity contribution is 5.54. The molecule has 1 N–H and O–H groups in total. The summed E-state index contributed by atoms with van der Waals surface area (Å²) in [4.78, 5) is 12.0. The molecular formula is C9H13NO2. The lowest BCUT2D eigenvalue weighted by atomic mass is 9.98. The molecule has 1 atom stereocenters. The average Bonchev–Trinajstić information content (AvgIpc) is 2.17. The number of rotatable bonds is 2. The number of carbonyl (C=O) groups is 1. The van der Waals surface area contributed by atoms with Crippen LogP contribution in [0.3, 0.4) is 0 Å². The molecule has 3 nitrogen and oxygen atoms in total. The third-order valence-electron chi connectivity index (χ3n) is 2.26. The van der Waals surface area contributed by atoms with Crippen molar-refractivity contribution in [2.24, 2.45) is 5.92 Å². The smallest absolute Gasteiger partial charge is 0.163 e. The van der Waals surface area contributed by atoms with E-state index in [1.54, 1.807) is 4.90 Å². The normalized spacial score (nSPS) is 23.0. The van der Waals surface area contributed by atoms with Gasteiger partial charge in [-0.15, -0.1) is 12.3 Å². The Morgan fingerprint density at radius 1 is 1.58 bits per heavy atom. The molecule has 1 rings (SSSR count). The van der Waals surface area contributed by atoms with E-state index in [0.29, 0.717) is 12.2 Å². The molecule has 0 spiro atoms. The van der Waals surface area contributed by atoms with Crippen molar-refractivity contribution < 1.29 is 9.90 Å². The minimum Gasteiger partial charge on any atom is -0.371 e. The molecule has 1 unspecified atom stereocenters. The summed E-state index contributed by atoms with van der Waals surface area (Å²) in [7, 11) is 0. The van der Waals surface area contributed by atoms with E-state index < -0.39 is 6.23 Å². The van der Waals surface area contributed by atoms with Gasteiger partial charge in [0.05, 0.1) is 0 Å². The van der Waals surface area contributed by atoms with Crippen molar-refractivity contribution in [1.82, 2.24) is 4.90 Å². The Kier molecular flexibility index (Phi) is 3.27. The monoisotopic (exact) mass is 167 g/mol. The highest BCUT2D eigenvalue weighted by Crippen LogP contribution is 2.16. The Labute approximate surface area is 72.4 Å². The van der Waals surface area contributed by atoms with E-state index in [1.807, 2.05) is 0 Å². The molecule has 1 aliphatic heterocycles. The number of likely N-dealkylation sites (tertiary alicyclic amines) is 1. The van der Waals surface area contributed by atoms with Crippen LogP contribution >= 0.6 is 0 Å². The van der Waals surface area contributed by atoms with E-state index >= 15 is 0 Å². The summed E-state index contributed by atoms with van der Waals surface area (Å²) in [5.74, 6) is 3.00. The van der Waals surface area contributed by atoms with Gasteiger partial charge in [0.25, 0.3) is 0 Å². The van der Waals surface area contributed by atoms with E-state index in [4.69, 9.17) is 11.5 Å². The second-order valence-electron chi connectivity index (χ2n) is 3.03. The molecule has 1 aliphatic rings. The summed E-state index contributed by atoms with van der Waals surface area (Å²) in [6.07, 6.45) is 6.62. The van der Waals surface area contributed by atoms with Gasteiger partial charge in [0.1, 0.15) is 0 Å². The van der Waals surface area contributed by atoms with Gasteiger partial charge >= 0.3 is 0 Å². The van der Waals surface area contributed by atoms with Crippen molar-refractivity contribution in [3.8, 4) is 12.3 Å². The Balaban J connectivity index is 2.36. The van der Waals surface area contributed by atoms with E-state index in [0.717, 1.165) is 25.9 Å². The van der Waals surface area contributed by atoms with Crippen molar-refractivity contribution in [2.75, 3.05) is 13.1 Å². The van der Waals surface area contributed by atoms with Crippen molar-refractivity contribution >= 4 is 6.29 Å². The fourth-order valence-corrected chi connectivity index (χ4v) is 1.42. The molecule has 0 aromatic carbocycles. The molecule has 66 valence electrons. The maximum absolute atomic E-state index is 10.2. The lowest BCUT2D eigenvalue weighted by molar-refractivity contribution is -0.125. The lowest BCUT2D eigenvalue weighted by Crippen LogP contribution is -2.41. The van der Waals surface area contributed by atoms with Gasteiger partial charge in [-0.1, -0.05) is 0 Å². The van der Waals surface area contributed by atoms with Gasteiger partial charge in [0, 0.05) is 19.0 Å². The zero-order valence-corrected chi connectivity index (χ0v) is 6.94. The van der Waals surface area contributed by atoms with Crippen LogP contribution in [0.1, 0.15) is 12.8 Å². The molecule has 0 aromatic rings. The van der Waals surface area contributed by atoms with Gasteiger partial charge in [0.15, 0.2) is 12.5 Å². The number of aldehydes is 1. The van der Waals surface area contributed by atoms with Crippen LogP contribution < -0.4 is 0 Å². The summed E-state index contributed by atoms with van der Waals surface area (Å²) in [6, 6.07) is 0. The fraction of sp³-hybridized carbons (Fsp3) is 0.667. The summed E-state index contributed by atoms with van der Waals surface area (Å²) in [6.45, 7) is 1.43. The summed E-state index contributed by atoms with van der Waals surface area (Å²) >= 11 is 0. The summed E-state index contributed by atoms with van der Waals surface area (Å²) in [5.41, 5.74) is 0. The summed E-state index contributed by atoms with van der Waals surface area (Å²) in [5, 5.41) is 9.15. The number of hydrogen-bond donors (Lipinski definition) is 1. The fourth-order valence-electron chi connectivity index (χ4n) is 1.42. The number of aliphatic hydroxyl groups excluding tert-OH is 1. The minimum atomic E-state index is -0.941. The molecule has 1 fully saturated rings. The Bertz CT molecular complexity index is 189. The van der Waals surface area contributed by atoms with Crippen LogP contribution in [0.4, 0.5) is 0 Å². The maximum Gasteiger partial charge on any atom is 0.163 e. The van der Waals surface area contributed by atoms with Gasteiger partial charge in [-0.25, -0.2) is 0 Å². The van der Waals surface area contributed by atoms with E-state index in [2.05, 4.69) is 5.92 Å². The topological polar surface area (TPSA) is 40.5 Å². The van der Waals surface area contributed by atoms with E-state index in [-0.39, 0.29) is 0 Å². The van der Waals surface area contributed by atoms with Crippen LogP contribution in [0.5, 0.6) is 0 Å². The molecule has 0 bridgehead atoms. The van der Waals surface area contributed by atoms with E-state index in [9.17, 15) is 4.79 Å². The van der Waals surface area contributed by atoms with Crippen molar-refractivity contribution in [3.05, 3.63) is 0 Å². The molecule has 0 amide bonds. The Hall–Kier alpha value is -0.850. The number of nitrogens with zero attached hydrogens (tertiary/aromatic N) is 1. The van der Waals surface area contributed by atoms with Gasteiger partial charge in [-0.3, -0.25) is 9.69 Å². The van der Waals surface area contributed by atoms with Gasteiger partial charge in [-0.05, 0) is 12.8 Å². The molecule has 0 radical (unpaired) electrons. The third kappa shape index (κ3) is 2.07. The Morgan fingerprint density at radius 3 is 2.58 bits per heavy atom. The van der Waals surface area contributed by atoms with Crippen molar-refractivity contribution in [3.63, 3.8) is 0 Å². The molecule has 1 saturated heterocycles. The van der Waals surface area contributed by atoms with Gasteiger partial charge in [0.2, 0.25) is 0 Å². The molecule has 0 aromatic heterocycles. The first-order valence-corrected chi connectivity index (χ1v) is 4.11. The first kappa shape index (κ1) is 9.24. The molecule has 1 heterocycles. The number of terminal acetylenes is 1. The molecule has 3 heteroatoms. The number of hydrogen-bond acceptors (Lipinski definition) is 3. The minimum absolute atomic E-state index is 0.320. The molecule has 0 aliphatic carbocycles. The Morgan fingerprint density at radius 2 is 2.17 bits per heavy atom. The number of carbonyl (C=O) groups excluding carboxylic acids is 1. The van der Waals surface area contributed by atoms with E-state index in [1.165, 1.54) is 0 Å². The van der Waals surface area contributed by atoms with Crippen LogP contribution in [-0.4, -0.2) is 35.6 Å². The van der Waals surface area contributed by atoms with Gasteiger partial charge in [-0.2, -0.15) is 0 Å². The predicted molar refractivity (Wildman–Crippen MR) is 45.2 cm³/mol. The first-order valence-electron chi connectivity index (χ1n) is 4.11. The van der Waals surface area contributed by atoms with Gasteiger partial charge < -0.3 is 5.11 Å². The average molecular weight is 167 g/mol. The SMILES string of the molecule is C#CC1CCN(C(O)C=O)CC1. The van der Waals surface area contributed by atoms with Crippen LogP contribution in [0.2, 0.25) is 0 Å². The lowest BCUT2D eigenvalue weighted by Gasteiger charge is -2.30. The standard InChI is InChI=1S/C9H13NO2/c1-2-8-3-5-10(6-4-8)9(12)7-11/h1,7-9,12H,3-6H2. The molecule has 12 heavy (non-hydrogen) atoms. The van der Waals surface area contributed by atoms with Crippen LogP contribution in [0.25, 0.3) is 0 Å². The predicted octanol–water partition coefficient (Wildman–Crippen LogP) is -0.151. The second-order valence-corrected chi connectivity index (χ2v) is 3.03. The highest BCUT2D eigenvalue weighted by atomic mass is 16.3. The van der Waals surface area contributed by atoms with Crippen LogP contribution in [0.15, 0.2) is 0 Å². The first-order chi connectivity index (χ1) is 5.77. The molecule has 0 saturated carbocycles. The number of piperidine rings is 1. The highest BCUT2D eigenvalue weighted by Gasteiger charge is 2.21. The van der Waals surface area contributed by atoms with Crippen molar-refractivity contribution in [2.45, 2.75) is 19.1 Å². The molecular weight excluding hydrogens is 154 g/mol. The number of aliphatic hydroxyl groups is 1. The zero-order valence-electron chi connectivity index (χ0n) is 6.94. The summed E-state index contributed by atoms with van der Waals surface area (Å²) < 4.78 is 0. The quantitative estimate of drug-likeness (QED) is 0.459. The second kappa shape index (κ2) is 4.24. The zero-order chi connectivity index (χ0) is 8.97. The maximum atomic E-state index is 10.2. The van der Waals surface area contributed by atoms with Crippen LogP contribution in [0, 0.1) is 18.3 Å². The van der Waals surface area contributed by atoms with Crippen molar-refractivity contribution in [1.29, 1.82) is 0 Å². The van der Waals surface area contributed by atoms with Crippen LogP contribution in [-0.2, 0) is 4.79 Å². The third-order valence-corrected chi connectivity index (χ3v) is 2.26.